The number of aliphatic hydroxyl groups is 1. The molecule has 108 valence electrons. The number of rotatable bonds is 2. The average molecular weight is 349 g/mol. The van der Waals surface area contributed by atoms with Crippen molar-refractivity contribution in [2.75, 3.05) is 18.9 Å². The molecule has 7 heteroatoms. The van der Waals surface area contributed by atoms with Crippen molar-refractivity contribution in [3.05, 3.63) is 34.3 Å². The van der Waals surface area contributed by atoms with Crippen LogP contribution >= 0.6 is 15.9 Å². The first-order chi connectivity index (χ1) is 10.1. The van der Waals surface area contributed by atoms with Crippen molar-refractivity contribution in [3.63, 3.8) is 0 Å². The third kappa shape index (κ3) is 2.42. The highest BCUT2D eigenvalue weighted by atomic mass is 79.9. The van der Waals surface area contributed by atoms with E-state index in [-0.39, 0.29) is 18.5 Å². The second-order valence-electron chi connectivity index (χ2n) is 4.84. The predicted octanol–water partition coefficient (Wildman–Crippen LogP) is 1.70. The normalized spacial score (nSPS) is 21.4. The van der Waals surface area contributed by atoms with Crippen LogP contribution in [0.4, 0.5) is 5.82 Å². The molecule has 2 aromatic rings. The van der Waals surface area contributed by atoms with E-state index in [0.29, 0.717) is 17.9 Å². The molecule has 0 unspecified atom stereocenters. The minimum Gasteiger partial charge on any atom is -0.388 e. The first-order valence-electron chi connectivity index (χ1n) is 6.41. The lowest BCUT2D eigenvalue weighted by molar-refractivity contribution is 0.118. The van der Waals surface area contributed by atoms with Gasteiger partial charge >= 0.3 is 0 Å². The summed E-state index contributed by atoms with van der Waals surface area (Å²) in [5.74, 6) is 0.255. The van der Waals surface area contributed by atoms with Gasteiger partial charge < -0.3 is 15.6 Å². The van der Waals surface area contributed by atoms with Crippen molar-refractivity contribution in [2.24, 2.45) is 0 Å². The Morgan fingerprint density at radius 3 is 2.67 bits per heavy atom. The lowest BCUT2D eigenvalue weighted by Gasteiger charge is -2.14. The van der Waals surface area contributed by atoms with Gasteiger partial charge in [0.2, 0.25) is 0 Å². The van der Waals surface area contributed by atoms with Gasteiger partial charge in [0.15, 0.2) is 0 Å². The Bertz CT molecular complexity index is 705. The lowest BCUT2D eigenvalue weighted by Crippen LogP contribution is -2.24. The van der Waals surface area contributed by atoms with E-state index in [0.717, 1.165) is 10.0 Å². The minimum atomic E-state index is -0.670. The molecular formula is C14H13BrN4O2. The summed E-state index contributed by atoms with van der Waals surface area (Å²) in [6.45, 7) is 0.581. The van der Waals surface area contributed by atoms with Gasteiger partial charge in [-0.05, 0) is 12.1 Å². The molecule has 2 atom stereocenters. The third-order valence-corrected chi connectivity index (χ3v) is 4.04. The zero-order valence-corrected chi connectivity index (χ0v) is 12.6. The Balaban J connectivity index is 2.09. The fraction of sp³-hybridized carbons (Fsp3) is 0.286. The van der Waals surface area contributed by atoms with Gasteiger partial charge in [-0.25, -0.2) is 4.68 Å². The van der Waals surface area contributed by atoms with E-state index in [1.165, 1.54) is 4.68 Å². The number of nitrogen functional groups attached to an aromatic ring is 1. The second kappa shape index (κ2) is 5.48. The van der Waals surface area contributed by atoms with Crippen LogP contribution in [-0.4, -0.2) is 34.2 Å². The van der Waals surface area contributed by atoms with Crippen molar-refractivity contribution in [3.8, 4) is 17.3 Å². The van der Waals surface area contributed by atoms with E-state index in [4.69, 9.17) is 10.5 Å². The van der Waals surface area contributed by atoms with E-state index >= 15 is 0 Å². The molecule has 0 saturated carbocycles. The largest absolute Gasteiger partial charge is 0.388 e. The molecule has 0 radical (unpaired) electrons. The van der Waals surface area contributed by atoms with E-state index in [2.05, 4.69) is 27.1 Å². The van der Waals surface area contributed by atoms with Gasteiger partial charge in [-0.15, -0.1) is 0 Å². The van der Waals surface area contributed by atoms with Crippen LogP contribution in [0.2, 0.25) is 0 Å². The van der Waals surface area contributed by atoms with Crippen LogP contribution in [0.25, 0.3) is 11.3 Å². The molecule has 2 heterocycles. The van der Waals surface area contributed by atoms with E-state index in [1.54, 1.807) is 0 Å². The number of anilines is 1. The second-order valence-corrected chi connectivity index (χ2v) is 5.76. The van der Waals surface area contributed by atoms with Crippen molar-refractivity contribution >= 4 is 21.7 Å². The molecule has 0 amide bonds. The zero-order valence-electron chi connectivity index (χ0n) is 11.0. The number of nitrogens with two attached hydrogens (primary N) is 1. The van der Waals surface area contributed by atoms with Crippen LogP contribution in [-0.2, 0) is 4.74 Å². The third-order valence-electron chi connectivity index (χ3n) is 3.51. The van der Waals surface area contributed by atoms with E-state index in [9.17, 15) is 10.4 Å². The van der Waals surface area contributed by atoms with Crippen LogP contribution in [0.3, 0.4) is 0 Å². The molecule has 0 aliphatic carbocycles. The average Bonchev–Trinajstić information content (AvgIpc) is 3.03. The maximum atomic E-state index is 9.92. The van der Waals surface area contributed by atoms with Gasteiger partial charge in [0.05, 0.1) is 13.2 Å². The maximum Gasteiger partial charge on any atom is 0.140 e. The van der Waals surface area contributed by atoms with Crippen molar-refractivity contribution in [1.29, 1.82) is 5.26 Å². The fourth-order valence-electron chi connectivity index (χ4n) is 2.39. The molecule has 1 aromatic heterocycles. The van der Waals surface area contributed by atoms with Crippen molar-refractivity contribution in [2.45, 2.75) is 12.1 Å². The molecule has 1 aliphatic rings. The molecule has 1 saturated heterocycles. The summed E-state index contributed by atoms with van der Waals surface area (Å²) in [5.41, 5.74) is 7.66. The molecule has 1 fully saturated rings. The highest BCUT2D eigenvalue weighted by Gasteiger charge is 2.32. The fourth-order valence-corrected chi connectivity index (χ4v) is 2.65. The standard InChI is InChI=1S/C14H13BrN4O2/c15-9-3-1-8(2-4-9)13-10(5-16)14(17)19(18-13)11-6-21-7-12(11)20/h1-4,11-12,20H,6-7,17H2/t11-,12-/m1/s1. The monoisotopic (exact) mass is 348 g/mol. The maximum absolute atomic E-state index is 9.92. The number of halogens is 1. The number of benzene rings is 1. The Labute approximate surface area is 129 Å². The highest BCUT2D eigenvalue weighted by molar-refractivity contribution is 9.10. The lowest BCUT2D eigenvalue weighted by atomic mass is 10.1. The van der Waals surface area contributed by atoms with Gasteiger partial charge in [0.1, 0.15) is 35.3 Å². The van der Waals surface area contributed by atoms with Crippen LogP contribution in [0, 0.1) is 11.3 Å². The van der Waals surface area contributed by atoms with Crippen molar-refractivity contribution in [1.82, 2.24) is 9.78 Å². The SMILES string of the molecule is N#Cc1c(-c2ccc(Br)cc2)nn([C@@H]2COC[C@H]2O)c1N. The quantitative estimate of drug-likeness (QED) is 0.860. The summed E-state index contributed by atoms with van der Waals surface area (Å²) in [7, 11) is 0. The number of aliphatic hydroxyl groups excluding tert-OH is 1. The molecule has 6 nitrogen and oxygen atoms in total. The van der Waals surface area contributed by atoms with Crippen LogP contribution < -0.4 is 5.73 Å². The Morgan fingerprint density at radius 2 is 2.10 bits per heavy atom. The Morgan fingerprint density at radius 1 is 1.38 bits per heavy atom. The summed E-state index contributed by atoms with van der Waals surface area (Å²) in [6, 6.07) is 9.20. The Hall–Kier alpha value is -1.88. The zero-order chi connectivity index (χ0) is 15.0. The molecule has 21 heavy (non-hydrogen) atoms. The number of nitrogens with zero attached hydrogens (tertiary/aromatic N) is 3. The summed E-state index contributed by atoms with van der Waals surface area (Å²) in [5, 5.41) is 23.7. The number of ether oxygens (including phenoxy) is 1. The smallest absolute Gasteiger partial charge is 0.140 e. The molecule has 0 spiro atoms. The summed E-state index contributed by atoms with van der Waals surface area (Å²) in [6.07, 6.45) is -0.670. The van der Waals surface area contributed by atoms with Gasteiger partial charge in [0.25, 0.3) is 0 Å². The summed E-state index contributed by atoms with van der Waals surface area (Å²) in [4.78, 5) is 0. The Kier molecular flexibility index (Phi) is 3.68. The van der Waals surface area contributed by atoms with E-state index < -0.39 is 6.10 Å². The number of nitriles is 1. The van der Waals surface area contributed by atoms with Gasteiger partial charge in [-0.1, -0.05) is 28.1 Å². The van der Waals surface area contributed by atoms with Gasteiger partial charge in [0, 0.05) is 10.0 Å². The van der Waals surface area contributed by atoms with Gasteiger partial charge in [-0.3, -0.25) is 0 Å². The summed E-state index contributed by atoms with van der Waals surface area (Å²) >= 11 is 3.37. The molecule has 0 bridgehead atoms. The van der Waals surface area contributed by atoms with Crippen LogP contribution in [0.5, 0.6) is 0 Å². The molecule has 3 rings (SSSR count). The molecule has 1 aromatic carbocycles. The highest BCUT2D eigenvalue weighted by Crippen LogP contribution is 2.31. The molecule has 3 N–H and O–H groups in total. The minimum absolute atomic E-state index is 0.249. The number of hydrogen-bond donors (Lipinski definition) is 2. The topological polar surface area (TPSA) is 97.1 Å². The first-order valence-corrected chi connectivity index (χ1v) is 7.21. The molecule has 1 aliphatic heterocycles. The molecular weight excluding hydrogens is 336 g/mol. The van der Waals surface area contributed by atoms with Crippen LogP contribution in [0.1, 0.15) is 11.6 Å². The van der Waals surface area contributed by atoms with Crippen molar-refractivity contribution < 1.29 is 9.84 Å². The summed E-state index contributed by atoms with van der Waals surface area (Å²) < 4.78 is 7.66. The number of aromatic nitrogens is 2. The number of hydrogen-bond acceptors (Lipinski definition) is 5. The van der Waals surface area contributed by atoms with Gasteiger partial charge in [-0.2, -0.15) is 10.4 Å². The van der Waals surface area contributed by atoms with E-state index in [1.807, 2.05) is 24.3 Å². The van der Waals surface area contributed by atoms with Crippen LogP contribution in [0.15, 0.2) is 28.7 Å². The first kappa shape index (κ1) is 14.1. The predicted molar refractivity (Wildman–Crippen MR) is 80.4 cm³/mol.